The van der Waals surface area contributed by atoms with Gasteiger partial charge < -0.3 is 9.47 Å². The first-order valence-corrected chi connectivity index (χ1v) is 10.6. The van der Waals surface area contributed by atoms with Gasteiger partial charge in [-0.3, -0.25) is 9.89 Å². The molecule has 7 heteroatoms. The number of ether oxygens (including phenoxy) is 2. The molecule has 0 bridgehead atoms. The van der Waals surface area contributed by atoms with E-state index < -0.39 is 0 Å². The number of rotatable bonds is 6. The minimum atomic E-state index is -0.333. The summed E-state index contributed by atoms with van der Waals surface area (Å²) < 4.78 is 27.3. The maximum absolute atomic E-state index is 13.9. The molecule has 0 aliphatic rings. The fraction of sp³-hybridized carbons (Fsp3) is 0.0800. The van der Waals surface area contributed by atoms with Crippen molar-refractivity contribution in [3.8, 4) is 17.2 Å². The monoisotopic (exact) mass is 494 g/mol. The second-order valence-corrected chi connectivity index (χ2v) is 7.88. The largest absolute Gasteiger partial charge is 0.493 e. The second kappa shape index (κ2) is 9.28. The highest BCUT2D eigenvalue weighted by molar-refractivity contribution is 9.10. The highest BCUT2D eigenvalue weighted by Gasteiger charge is 2.12. The molecule has 0 saturated heterocycles. The van der Waals surface area contributed by atoms with Crippen LogP contribution in [0.25, 0.3) is 18.3 Å². The highest BCUT2D eigenvalue weighted by Crippen LogP contribution is 2.34. The predicted molar refractivity (Wildman–Crippen MR) is 126 cm³/mol. The molecular weight excluding hydrogens is 475 g/mol. The van der Waals surface area contributed by atoms with E-state index in [0.29, 0.717) is 37.7 Å². The van der Waals surface area contributed by atoms with Crippen LogP contribution < -0.4 is 25.6 Å². The fourth-order valence-corrected chi connectivity index (χ4v) is 3.70. The molecule has 0 aliphatic heterocycles. The number of nitrogens with one attached hydrogen (secondary N) is 1. The Morgan fingerprint density at radius 3 is 2.53 bits per heavy atom. The smallest absolute Gasteiger partial charge is 0.279 e. The van der Waals surface area contributed by atoms with E-state index in [0.717, 1.165) is 5.69 Å². The fourth-order valence-electron chi connectivity index (χ4n) is 3.26. The molecule has 0 atom stereocenters. The lowest BCUT2D eigenvalue weighted by molar-refractivity contribution is 0.279. The first-order valence-electron chi connectivity index (χ1n) is 9.79. The Hall–Kier alpha value is -3.58. The van der Waals surface area contributed by atoms with Gasteiger partial charge in [0.15, 0.2) is 11.5 Å². The zero-order valence-corrected chi connectivity index (χ0v) is 18.9. The number of hydrogen-bond donors (Lipinski definition) is 1. The Morgan fingerprint density at radius 1 is 1.09 bits per heavy atom. The first-order chi connectivity index (χ1) is 15.5. The van der Waals surface area contributed by atoms with E-state index in [4.69, 9.17) is 9.47 Å². The standard InChI is InChI=1S/C25H20BrFN2O3/c1-16-20(25(30)29(28-16)19-9-4-3-5-10-19)12-18-13-23(31-2)24(14-21(18)26)32-15-17-8-6-7-11-22(17)27/h3-14,28H,1,15H2,2H3/b20-12+. The van der Waals surface area contributed by atoms with Crippen LogP contribution in [0.1, 0.15) is 11.1 Å². The third kappa shape index (κ3) is 4.38. The van der Waals surface area contributed by atoms with Crippen LogP contribution in [0.2, 0.25) is 0 Å². The summed E-state index contributed by atoms with van der Waals surface area (Å²) in [5.74, 6) is 0.575. The van der Waals surface area contributed by atoms with Gasteiger partial charge in [-0.05, 0) is 42.0 Å². The SMILES string of the molecule is C=c1[nH]n(-c2ccccc2)c(=O)/c1=C/c1cc(OC)c(OCc2ccccc2F)cc1Br. The molecule has 1 N–H and O–H groups in total. The van der Waals surface area contributed by atoms with Crippen LogP contribution >= 0.6 is 15.9 Å². The van der Waals surface area contributed by atoms with Crippen molar-refractivity contribution in [3.63, 3.8) is 0 Å². The number of hydrogen-bond acceptors (Lipinski definition) is 3. The van der Waals surface area contributed by atoms with Crippen molar-refractivity contribution >= 4 is 28.6 Å². The first kappa shape index (κ1) is 21.6. The van der Waals surface area contributed by atoms with E-state index in [2.05, 4.69) is 27.6 Å². The molecule has 0 fully saturated rings. The molecule has 0 amide bonds. The van der Waals surface area contributed by atoms with Crippen molar-refractivity contribution in [1.29, 1.82) is 0 Å². The van der Waals surface area contributed by atoms with Crippen molar-refractivity contribution in [2.24, 2.45) is 0 Å². The van der Waals surface area contributed by atoms with Gasteiger partial charge in [0.1, 0.15) is 12.4 Å². The van der Waals surface area contributed by atoms with Crippen LogP contribution in [0.15, 0.2) is 76.0 Å². The van der Waals surface area contributed by atoms with Gasteiger partial charge in [0.2, 0.25) is 0 Å². The Labute approximate surface area is 192 Å². The highest BCUT2D eigenvalue weighted by atomic mass is 79.9. The van der Waals surface area contributed by atoms with Gasteiger partial charge in [0.05, 0.1) is 23.4 Å². The molecule has 1 heterocycles. The van der Waals surface area contributed by atoms with Crippen molar-refractivity contribution in [3.05, 3.63) is 109 Å². The summed E-state index contributed by atoms with van der Waals surface area (Å²) in [6, 6.07) is 19.2. The summed E-state index contributed by atoms with van der Waals surface area (Å²) >= 11 is 3.53. The number of halogens is 2. The van der Waals surface area contributed by atoms with E-state index in [1.165, 1.54) is 17.9 Å². The van der Waals surface area contributed by atoms with Gasteiger partial charge in [-0.1, -0.05) is 58.9 Å². The summed E-state index contributed by atoms with van der Waals surface area (Å²) in [5, 5.41) is 3.93. The number of methoxy groups -OCH3 is 1. The minimum Gasteiger partial charge on any atom is -0.493 e. The minimum absolute atomic E-state index is 0.0567. The van der Waals surface area contributed by atoms with Crippen molar-refractivity contribution in [2.45, 2.75) is 6.61 Å². The molecule has 1 aromatic heterocycles. The number of aromatic amines is 1. The number of nitrogens with zero attached hydrogens (tertiary/aromatic N) is 1. The lowest BCUT2D eigenvalue weighted by Gasteiger charge is -2.13. The van der Waals surface area contributed by atoms with Gasteiger partial charge in [-0.2, -0.15) is 0 Å². The zero-order valence-electron chi connectivity index (χ0n) is 17.3. The molecule has 0 saturated carbocycles. The van der Waals surface area contributed by atoms with Crippen LogP contribution in [0, 0.1) is 5.82 Å². The molecule has 3 aromatic carbocycles. The van der Waals surface area contributed by atoms with E-state index in [1.807, 2.05) is 30.3 Å². The average Bonchev–Trinajstić information content (AvgIpc) is 3.08. The molecule has 0 spiro atoms. The zero-order chi connectivity index (χ0) is 22.7. The summed E-state index contributed by atoms with van der Waals surface area (Å²) in [4.78, 5) is 13.0. The summed E-state index contributed by atoms with van der Waals surface area (Å²) in [7, 11) is 1.52. The molecule has 0 aliphatic carbocycles. The predicted octanol–water partition coefficient (Wildman–Crippen LogP) is 3.89. The third-order valence-electron chi connectivity index (χ3n) is 4.94. The summed E-state index contributed by atoms with van der Waals surface area (Å²) in [6.07, 6.45) is 1.73. The van der Waals surface area contributed by atoms with Crippen molar-refractivity contribution < 1.29 is 13.9 Å². The molecule has 0 radical (unpaired) electrons. The van der Waals surface area contributed by atoms with Gasteiger partial charge in [0.25, 0.3) is 5.56 Å². The quantitative estimate of drug-likeness (QED) is 0.442. The summed E-state index contributed by atoms with van der Waals surface area (Å²) in [5.41, 5.74) is 1.65. The lowest BCUT2D eigenvalue weighted by Crippen LogP contribution is -2.34. The third-order valence-corrected chi connectivity index (χ3v) is 5.63. The topological polar surface area (TPSA) is 56.2 Å². The molecule has 4 rings (SSSR count). The Balaban J connectivity index is 1.71. The van der Waals surface area contributed by atoms with Gasteiger partial charge in [0, 0.05) is 10.0 Å². The Morgan fingerprint density at radius 2 is 1.81 bits per heavy atom. The lowest BCUT2D eigenvalue weighted by atomic mass is 10.1. The summed E-state index contributed by atoms with van der Waals surface area (Å²) in [6.45, 7) is 4.03. The van der Waals surface area contributed by atoms with Gasteiger partial charge >= 0.3 is 0 Å². The molecule has 4 aromatic rings. The molecule has 32 heavy (non-hydrogen) atoms. The van der Waals surface area contributed by atoms with Crippen LogP contribution in [0.5, 0.6) is 11.5 Å². The van der Waals surface area contributed by atoms with Gasteiger partial charge in [-0.25, -0.2) is 9.07 Å². The van der Waals surface area contributed by atoms with Crippen LogP contribution in [0.3, 0.4) is 0 Å². The maximum Gasteiger partial charge on any atom is 0.279 e. The van der Waals surface area contributed by atoms with E-state index >= 15 is 0 Å². The van der Waals surface area contributed by atoms with Crippen LogP contribution in [-0.4, -0.2) is 16.9 Å². The van der Waals surface area contributed by atoms with Crippen molar-refractivity contribution in [2.75, 3.05) is 7.11 Å². The van der Waals surface area contributed by atoms with Crippen LogP contribution in [0.4, 0.5) is 4.39 Å². The maximum atomic E-state index is 13.9. The number of H-pyrrole nitrogens is 1. The average molecular weight is 495 g/mol. The number of benzene rings is 3. The van der Waals surface area contributed by atoms with E-state index in [1.54, 1.807) is 36.4 Å². The van der Waals surface area contributed by atoms with E-state index in [-0.39, 0.29) is 18.0 Å². The van der Waals surface area contributed by atoms with Crippen molar-refractivity contribution in [1.82, 2.24) is 9.78 Å². The molecule has 0 unspecified atom stereocenters. The normalized spacial score (nSPS) is 11.5. The van der Waals surface area contributed by atoms with E-state index in [9.17, 15) is 9.18 Å². The Kier molecular flexibility index (Phi) is 6.28. The molecule has 162 valence electrons. The molecular formula is C25H20BrFN2O3. The van der Waals surface area contributed by atoms with Gasteiger partial charge in [-0.15, -0.1) is 0 Å². The molecule has 5 nitrogen and oxygen atoms in total. The number of aromatic nitrogens is 2. The number of para-hydroxylation sites is 1. The Bertz CT molecular complexity index is 1430. The van der Waals surface area contributed by atoms with Crippen LogP contribution in [-0.2, 0) is 6.61 Å². The second-order valence-electron chi connectivity index (χ2n) is 7.03.